The molecule has 0 aromatic heterocycles. The fourth-order valence-corrected chi connectivity index (χ4v) is 3.55. The molecular formula is C25H29N3O2. The number of methoxy groups -OCH3 is 1. The summed E-state index contributed by atoms with van der Waals surface area (Å²) < 4.78 is 5.23. The number of rotatable bonds is 7. The zero-order chi connectivity index (χ0) is 21.7. The molecule has 5 nitrogen and oxygen atoms in total. The van der Waals surface area contributed by atoms with Crippen LogP contribution in [0.1, 0.15) is 34.5 Å². The fraction of sp³-hybridized carbons (Fsp3) is 0.240. The monoisotopic (exact) mass is 403 g/mol. The maximum absolute atomic E-state index is 13.6. The van der Waals surface area contributed by atoms with Crippen molar-refractivity contribution in [3.63, 3.8) is 0 Å². The molecule has 30 heavy (non-hydrogen) atoms. The summed E-state index contributed by atoms with van der Waals surface area (Å²) in [5.74, 6) is 0.682. The standard InChI is InChI=1S/C25H29N3O2/c1-18(19-8-6-5-7-9-19)28(25(29)20-10-13-23(30-4)14-11-20)17-21-16-22(26)12-15-24(21)27(2)3/h5-16,18H,17,26H2,1-4H3/t18-/m1/s1. The van der Waals surface area contributed by atoms with E-state index in [4.69, 9.17) is 10.5 Å². The van der Waals surface area contributed by atoms with E-state index in [9.17, 15) is 4.79 Å². The van der Waals surface area contributed by atoms with Gasteiger partial charge in [0, 0.05) is 37.6 Å². The van der Waals surface area contributed by atoms with Gasteiger partial charge >= 0.3 is 0 Å². The number of hydrogen-bond acceptors (Lipinski definition) is 4. The molecule has 5 heteroatoms. The molecule has 1 amide bonds. The van der Waals surface area contributed by atoms with E-state index >= 15 is 0 Å². The first-order chi connectivity index (χ1) is 14.4. The van der Waals surface area contributed by atoms with Gasteiger partial charge in [0.2, 0.25) is 0 Å². The van der Waals surface area contributed by atoms with Crippen LogP contribution in [0.4, 0.5) is 11.4 Å². The van der Waals surface area contributed by atoms with Gasteiger partial charge in [-0.2, -0.15) is 0 Å². The highest BCUT2D eigenvalue weighted by Crippen LogP contribution is 2.29. The molecule has 3 aromatic rings. The number of benzene rings is 3. The van der Waals surface area contributed by atoms with Gasteiger partial charge in [-0.25, -0.2) is 0 Å². The number of amides is 1. The molecule has 0 heterocycles. The summed E-state index contributed by atoms with van der Waals surface area (Å²) in [5, 5.41) is 0. The highest BCUT2D eigenvalue weighted by molar-refractivity contribution is 5.94. The second-order valence-electron chi connectivity index (χ2n) is 7.53. The van der Waals surface area contributed by atoms with Gasteiger partial charge in [-0.3, -0.25) is 4.79 Å². The van der Waals surface area contributed by atoms with Gasteiger partial charge in [-0.15, -0.1) is 0 Å². The van der Waals surface area contributed by atoms with Crippen molar-refractivity contribution in [1.82, 2.24) is 4.90 Å². The molecule has 0 saturated heterocycles. The minimum atomic E-state index is -0.114. The van der Waals surface area contributed by atoms with E-state index in [2.05, 4.69) is 6.92 Å². The quantitative estimate of drug-likeness (QED) is 0.579. The lowest BCUT2D eigenvalue weighted by Crippen LogP contribution is -2.33. The van der Waals surface area contributed by atoms with Crippen molar-refractivity contribution < 1.29 is 9.53 Å². The Kier molecular flexibility index (Phi) is 6.62. The minimum absolute atomic E-state index is 0.0406. The highest BCUT2D eigenvalue weighted by atomic mass is 16.5. The Morgan fingerprint density at radius 2 is 1.67 bits per heavy atom. The van der Waals surface area contributed by atoms with Crippen LogP contribution in [0.15, 0.2) is 72.8 Å². The Labute approximate surface area is 178 Å². The van der Waals surface area contributed by atoms with Gasteiger partial charge < -0.3 is 20.3 Å². The first kappa shape index (κ1) is 21.2. The van der Waals surface area contributed by atoms with Crippen LogP contribution in [0.5, 0.6) is 5.75 Å². The topological polar surface area (TPSA) is 58.8 Å². The summed E-state index contributed by atoms with van der Waals surface area (Å²) in [5.41, 5.74) is 10.5. The number of nitrogens with zero attached hydrogens (tertiary/aromatic N) is 2. The van der Waals surface area contributed by atoms with E-state index in [1.807, 2.05) is 84.6 Å². The second-order valence-corrected chi connectivity index (χ2v) is 7.53. The third-order valence-corrected chi connectivity index (χ3v) is 5.27. The molecule has 156 valence electrons. The molecule has 2 N–H and O–H groups in total. The average molecular weight is 404 g/mol. The van der Waals surface area contributed by atoms with Gasteiger partial charge in [-0.1, -0.05) is 30.3 Å². The third kappa shape index (κ3) is 4.74. The molecule has 0 bridgehead atoms. The summed E-state index contributed by atoms with van der Waals surface area (Å²) >= 11 is 0. The number of carbonyl (C=O) groups excluding carboxylic acids is 1. The van der Waals surface area contributed by atoms with E-state index < -0.39 is 0 Å². The molecule has 0 aliphatic carbocycles. The van der Waals surface area contributed by atoms with E-state index in [1.54, 1.807) is 19.2 Å². The van der Waals surface area contributed by atoms with E-state index in [0.29, 0.717) is 17.8 Å². The normalized spacial score (nSPS) is 11.6. The number of nitrogens with two attached hydrogens (primary N) is 1. The lowest BCUT2D eigenvalue weighted by Gasteiger charge is -2.31. The molecule has 0 aliphatic heterocycles. The molecule has 0 aliphatic rings. The zero-order valence-electron chi connectivity index (χ0n) is 18.0. The molecule has 3 rings (SSSR count). The van der Waals surface area contributed by atoms with E-state index in [0.717, 1.165) is 22.6 Å². The lowest BCUT2D eigenvalue weighted by molar-refractivity contribution is 0.0674. The maximum atomic E-state index is 13.6. The zero-order valence-corrected chi connectivity index (χ0v) is 18.0. The van der Waals surface area contributed by atoms with Crippen LogP contribution in [0.3, 0.4) is 0 Å². The highest BCUT2D eigenvalue weighted by Gasteiger charge is 2.24. The Bertz CT molecular complexity index is 985. The van der Waals surface area contributed by atoms with Gasteiger partial charge in [-0.05, 0) is 60.5 Å². The SMILES string of the molecule is COc1ccc(C(=O)N(Cc2cc(N)ccc2N(C)C)[C@H](C)c2ccccc2)cc1. The summed E-state index contributed by atoms with van der Waals surface area (Å²) in [6, 6.07) is 23.0. The maximum Gasteiger partial charge on any atom is 0.254 e. The van der Waals surface area contributed by atoms with Crippen LogP contribution in [-0.4, -0.2) is 32.0 Å². The van der Waals surface area contributed by atoms with Crippen molar-refractivity contribution in [2.45, 2.75) is 19.5 Å². The molecule has 3 aromatic carbocycles. The number of ether oxygens (including phenoxy) is 1. The molecular weight excluding hydrogens is 374 g/mol. The minimum Gasteiger partial charge on any atom is -0.497 e. The molecule has 1 atom stereocenters. The van der Waals surface area contributed by atoms with Gasteiger partial charge in [0.25, 0.3) is 5.91 Å². The molecule has 0 radical (unpaired) electrons. The van der Waals surface area contributed by atoms with Crippen molar-refractivity contribution >= 4 is 17.3 Å². The fourth-order valence-electron chi connectivity index (χ4n) is 3.55. The molecule has 0 fully saturated rings. The van der Waals surface area contributed by atoms with Crippen LogP contribution in [-0.2, 0) is 6.54 Å². The second kappa shape index (κ2) is 9.35. The molecule has 0 spiro atoms. The van der Waals surface area contributed by atoms with Gasteiger partial charge in [0.05, 0.1) is 13.2 Å². The van der Waals surface area contributed by atoms with Gasteiger partial charge in [0.1, 0.15) is 5.75 Å². The lowest BCUT2D eigenvalue weighted by atomic mass is 10.0. The van der Waals surface area contributed by atoms with Crippen molar-refractivity contribution in [2.24, 2.45) is 0 Å². The smallest absolute Gasteiger partial charge is 0.254 e. The molecule has 0 saturated carbocycles. The molecule has 0 unspecified atom stereocenters. The van der Waals surface area contributed by atoms with Crippen molar-refractivity contribution in [1.29, 1.82) is 0 Å². The predicted octanol–water partition coefficient (Wildman–Crippen LogP) is 4.75. The summed E-state index contributed by atoms with van der Waals surface area (Å²) in [6.07, 6.45) is 0. The summed E-state index contributed by atoms with van der Waals surface area (Å²) in [4.78, 5) is 17.5. The number of nitrogen functional groups attached to an aromatic ring is 1. The van der Waals surface area contributed by atoms with Gasteiger partial charge in [0.15, 0.2) is 0 Å². The average Bonchev–Trinajstić information content (AvgIpc) is 2.77. The Balaban J connectivity index is 2.01. The van der Waals surface area contributed by atoms with Crippen molar-refractivity contribution in [2.75, 3.05) is 31.8 Å². The third-order valence-electron chi connectivity index (χ3n) is 5.27. The van der Waals surface area contributed by atoms with Crippen molar-refractivity contribution in [3.05, 3.63) is 89.5 Å². The van der Waals surface area contributed by atoms with Crippen molar-refractivity contribution in [3.8, 4) is 5.75 Å². The first-order valence-corrected chi connectivity index (χ1v) is 9.96. The number of hydrogen-bond donors (Lipinski definition) is 1. The Hall–Kier alpha value is -3.47. The number of carbonyl (C=O) groups is 1. The van der Waals surface area contributed by atoms with Crippen LogP contribution in [0.25, 0.3) is 0 Å². The summed E-state index contributed by atoms with van der Waals surface area (Å²) in [7, 11) is 5.60. The van der Waals surface area contributed by atoms with E-state index in [1.165, 1.54) is 0 Å². The number of anilines is 2. The summed E-state index contributed by atoms with van der Waals surface area (Å²) in [6.45, 7) is 2.50. The first-order valence-electron chi connectivity index (χ1n) is 9.96. The van der Waals surface area contributed by atoms with E-state index in [-0.39, 0.29) is 11.9 Å². The van der Waals surface area contributed by atoms with Crippen LogP contribution >= 0.6 is 0 Å². The Morgan fingerprint density at radius 1 is 1.00 bits per heavy atom. The van der Waals surface area contributed by atoms with Crippen LogP contribution < -0.4 is 15.4 Å². The van der Waals surface area contributed by atoms with Crippen LogP contribution in [0.2, 0.25) is 0 Å². The Morgan fingerprint density at radius 3 is 2.27 bits per heavy atom. The van der Waals surface area contributed by atoms with Crippen LogP contribution in [0, 0.1) is 0 Å². The largest absolute Gasteiger partial charge is 0.497 e. The predicted molar refractivity (Wildman–Crippen MR) is 123 cm³/mol.